The Labute approximate surface area is 85.9 Å². The first-order valence-electron chi connectivity index (χ1n) is 5.31. The van der Waals surface area contributed by atoms with Gasteiger partial charge in [-0.1, -0.05) is 33.1 Å². The van der Waals surface area contributed by atoms with E-state index >= 15 is 0 Å². The molecule has 0 amide bonds. The monoisotopic (exact) mass is 197 g/mol. The molecule has 0 aromatic rings. The summed E-state index contributed by atoms with van der Waals surface area (Å²) < 4.78 is -0.0341. The number of thioether (sulfide) groups is 1. The fourth-order valence-electron chi connectivity index (χ4n) is 1.85. The topological polar surface area (TPSA) is 23.8 Å². The van der Waals surface area contributed by atoms with E-state index in [1.807, 2.05) is 11.8 Å². The van der Waals surface area contributed by atoms with Gasteiger partial charge in [-0.05, 0) is 19.3 Å². The molecule has 13 heavy (non-hydrogen) atoms. The van der Waals surface area contributed by atoms with Gasteiger partial charge in [-0.15, -0.1) is 11.8 Å². The Hall–Kier alpha value is -0.160. The second-order valence-corrected chi connectivity index (χ2v) is 5.83. The largest absolute Gasteiger partial charge is 0.197 e. The van der Waals surface area contributed by atoms with Crippen molar-refractivity contribution in [1.82, 2.24) is 0 Å². The molecule has 0 heterocycles. The van der Waals surface area contributed by atoms with Gasteiger partial charge < -0.3 is 0 Å². The molecule has 0 radical (unpaired) electrons. The maximum Gasteiger partial charge on any atom is 0.103 e. The van der Waals surface area contributed by atoms with Gasteiger partial charge in [0.25, 0.3) is 0 Å². The highest BCUT2D eigenvalue weighted by Gasteiger charge is 2.33. The van der Waals surface area contributed by atoms with Crippen LogP contribution in [0.4, 0.5) is 0 Å². The Morgan fingerprint density at radius 3 is 2.46 bits per heavy atom. The Bertz CT molecular complexity index is 189. The lowest BCUT2D eigenvalue weighted by molar-refractivity contribution is 0.458. The van der Waals surface area contributed by atoms with E-state index in [-0.39, 0.29) is 4.75 Å². The zero-order chi connectivity index (χ0) is 9.73. The Morgan fingerprint density at radius 2 is 2.00 bits per heavy atom. The fraction of sp³-hybridized carbons (Fsp3) is 0.909. The molecule has 1 fully saturated rings. The van der Waals surface area contributed by atoms with Gasteiger partial charge in [-0.2, -0.15) is 5.26 Å². The van der Waals surface area contributed by atoms with Crippen molar-refractivity contribution >= 4 is 11.8 Å². The maximum atomic E-state index is 9.22. The first-order valence-corrected chi connectivity index (χ1v) is 6.19. The average Bonchev–Trinajstić information content (AvgIpc) is 2.19. The fourth-order valence-corrected chi connectivity index (χ4v) is 3.36. The van der Waals surface area contributed by atoms with Gasteiger partial charge in [-0.25, -0.2) is 0 Å². The number of rotatable bonds is 3. The molecule has 0 spiro atoms. The van der Waals surface area contributed by atoms with Gasteiger partial charge in [-0.3, -0.25) is 0 Å². The highest BCUT2D eigenvalue weighted by molar-refractivity contribution is 8.01. The van der Waals surface area contributed by atoms with Crippen LogP contribution < -0.4 is 0 Å². The molecule has 0 aromatic heterocycles. The summed E-state index contributed by atoms with van der Waals surface area (Å²) in [5, 5.41) is 9.85. The molecule has 1 rings (SSSR count). The van der Waals surface area contributed by atoms with Crippen LogP contribution in [0.2, 0.25) is 0 Å². The van der Waals surface area contributed by atoms with Crippen molar-refractivity contribution in [2.75, 3.05) is 0 Å². The highest BCUT2D eigenvalue weighted by atomic mass is 32.2. The molecule has 1 saturated carbocycles. The van der Waals surface area contributed by atoms with E-state index in [4.69, 9.17) is 0 Å². The van der Waals surface area contributed by atoms with Crippen LogP contribution in [0.1, 0.15) is 52.4 Å². The lowest BCUT2D eigenvalue weighted by Crippen LogP contribution is -2.27. The Morgan fingerprint density at radius 1 is 1.38 bits per heavy atom. The zero-order valence-corrected chi connectivity index (χ0v) is 9.49. The van der Waals surface area contributed by atoms with Gasteiger partial charge in [0.15, 0.2) is 0 Å². The van der Waals surface area contributed by atoms with E-state index < -0.39 is 0 Å². The van der Waals surface area contributed by atoms with Crippen LogP contribution in [-0.2, 0) is 0 Å². The minimum absolute atomic E-state index is 0.0341. The first-order chi connectivity index (χ1) is 6.22. The molecule has 2 heteroatoms. The van der Waals surface area contributed by atoms with Crippen LogP contribution >= 0.6 is 11.8 Å². The third-order valence-electron chi connectivity index (χ3n) is 2.87. The Kier molecular flexibility index (Phi) is 4.12. The maximum absolute atomic E-state index is 9.22. The lowest BCUT2D eigenvalue weighted by Gasteiger charge is -2.32. The molecule has 0 aromatic carbocycles. The molecule has 1 unspecified atom stereocenters. The molecule has 1 nitrogen and oxygen atoms in total. The second-order valence-electron chi connectivity index (χ2n) is 4.00. The highest BCUT2D eigenvalue weighted by Crippen LogP contribution is 2.42. The van der Waals surface area contributed by atoms with Crippen molar-refractivity contribution < 1.29 is 0 Å². The molecule has 1 atom stereocenters. The molecule has 0 bridgehead atoms. The van der Waals surface area contributed by atoms with Crippen molar-refractivity contribution in [1.29, 1.82) is 5.26 Å². The minimum atomic E-state index is -0.0341. The first kappa shape index (κ1) is 10.9. The minimum Gasteiger partial charge on any atom is -0.197 e. The molecule has 0 aliphatic heterocycles. The van der Waals surface area contributed by atoms with Crippen LogP contribution in [0.5, 0.6) is 0 Å². The van der Waals surface area contributed by atoms with Gasteiger partial charge in [0.2, 0.25) is 0 Å². The number of hydrogen-bond donors (Lipinski definition) is 0. The van der Waals surface area contributed by atoms with E-state index in [0.29, 0.717) is 5.25 Å². The van der Waals surface area contributed by atoms with Gasteiger partial charge in [0.05, 0.1) is 6.07 Å². The van der Waals surface area contributed by atoms with Crippen LogP contribution in [0, 0.1) is 11.3 Å². The zero-order valence-electron chi connectivity index (χ0n) is 8.68. The quantitative estimate of drug-likeness (QED) is 0.688. The third kappa shape index (κ3) is 2.91. The summed E-state index contributed by atoms with van der Waals surface area (Å²) in [6, 6.07) is 2.55. The molecular formula is C11H19NS. The number of nitrogens with zero attached hydrogens (tertiary/aromatic N) is 1. The SMILES string of the molecule is CCC(C)SC1(C#N)CCCCC1. The standard InChI is InChI=1S/C11H19NS/c1-3-10(2)13-11(9-12)7-5-4-6-8-11/h10H,3-8H2,1-2H3. The molecule has 0 N–H and O–H groups in total. The van der Waals surface area contributed by atoms with Crippen LogP contribution in [0.25, 0.3) is 0 Å². The summed E-state index contributed by atoms with van der Waals surface area (Å²) in [5.41, 5.74) is 0. The molecule has 1 aliphatic rings. The lowest BCUT2D eigenvalue weighted by atomic mass is 9.89. The van der Waals surface area contributed by atoms with Crippen molar-refractivity contribution in [3.8, 4) is 6.07 Å². The van der Waals surface area contributed by atoms with Crippen LogP contribution in [0.15, 0.2) is 0 Å². The van der Waals surface area contributed by atoms with Gasteiger partial charge >= 0.3 is 0 Å². The van der Waals surface area contributed by atoms with Gasteiger partial charge in [0, 0.05) is 5.25 Å². The molecule has 74 valence electrons. The average molecular weight is 197 g/mol. The van der Waals surface area contributed by atoms with E-state index in [0.717, 1.165) is 12.8 Å². The smallest absolute Gasteiger partial charge is 0.103 e. The van der Waals surface area contributed by atoms with Crippen LogP contribution in [-0.4, -0.2) is 10.00 Å². The number of hydrogen-bond acceptors (Lipinski definition) is 2. The third-order valence-corrected chi connectivity index (χ3v) is 4.55. The summed E-state index contributed by atoms with van der Waals surface area (Å²) in [5.74, 6) is 0. The summed E-state index contributed by atoms with van der Waals surface area (Å²) in [6.07, 6.45) is 7.21. The summed E-state index contributed by atoms with van der Waals surface area (Å²) in [6.45, 7) is 4.43. The van der Waals surface area contributed by atoms with E-state index in [9.17, 15) is 5.26 Å². The normalized spacial score (nSPS) is 23.5. The molecular weight excluding hydrogens is 178 g/mol. The van der Waals surface area contributed by atoms with Gasteiger partial charge in [0.1, 0.15) is 4.75 Å². The van der Waals surface area contributed by atoms with Crippen molar-refractivity contribution in [2.24, 2.45) is 0 Å². The second kappa shape index (κ2) is 4.91. The van der Waals surface area contributed by atoms with E-state index in [2.05, 4.69) is 19.9 Å². The van der Waals surface area contributed by atoms with Crippen molar-refractivity contribution in [3.05, 3.63) is 0 Å². The van der Waals surface area contributed by atoms with E-state index in [1.165, 1.54) is 25.7 Å². The van der Waals surface area contributed by atoms with E-state index in [1.54, 1.807) is 0 Å². The predicted octanol–water partition coefficient (Wildman–Crippen LogP) is 3.74. The van der Waals surface area contributed by atoms with Crippen LogP contribution in [0.3, 0.4) is 0 Å². The Balaban J connectivity index is 2.53. The van der Waals surface area contributed by atoms with Crippen molar-refractivity contribution in [3.63, 3.8) is 0 Å². The summed E-state index contributed by atoms with van der Waals surface area (Å²) >= 11 is 1.91. The number of nitriles is 1. The predicted molar refractivity (Wildman–Crippen MR) is 58.8 cm³/mol. The summed E-state index contributed by atoms with van der Waals surface area (Å²) in [7, 11) is 0. The summed E-state index contributed by atoms with van der Waals surface area (Å²) in [4.78, 5) is 0. The molecule has 0 saturated heterocycles. The molecule has 1 aliphatic carbocycles. The van der Waals surface area contributed by atoms with Crippen molar-refractivity contribution in [2.45, 2.75) is 62.4 Å².